The van der Waals surface area contributed by atoms with Crippen LogP contribution >= 0.6 is 0 Å². The Kier molecular flexibility index (Phi) is 11.9. The number of aryl methyl sites for hydroxylation is 2. The number of rotatable bonds is 16. The second-order valence-electron chi connectivity index (χ2n) is 11.1. The summed E-state index contributed by atoms with van der Waals surface area (Å²) in [5, 5.41) is 11.1. The van der Waals surface area contributed by atoms with Crippen LogP contribution in [0.5, 0.6) is 0 Å². The zero-order valence-corrected chi connectivity index (χ0v) is 26.4. The highest BCUT2D eigenvalue weighted by Crippen LogP contribution is 2.24. The lowest BCUT2D eigenvalue weighted by Crippen LogP contribution is -2.52. The summed E-state index contributed by atoms with van der Waals surface area (Å²) in [6.45, 7) is 0. The van der Waals surface area contributed by atoms with E-state index in [1.54, 1.807) is 24.3 Å². The number of nitrogens with zero attached hydrogens (tertiary/aromatic N) is 5. The molecule has 236 valence electrons. The van der Waals surface area contributed by atoms with Gasteiger partial charge in [0.2, 0.25) is 15.9 Å². The minimum atomic E-state index is -4.16. The number of sulfonamides is 1. The summed E-state index contributed by atoms with van der Waals surface area (Å²) >= 11 is 0. The fourth-order valence-electron chi connectivity index (χ4n) is 5.40. The van der Waals surface area contributed by atoms with E-state index in [1.807, 2.05) is 67.0 Å². The SMILES string of the molecule is CN(C(=O)[C@H](Cc1ccccc1)N(C)S(=O)(=O)c1ccc([N+](=O)[O-])cc1)C(CCCc1cccnc1)CCCc1cccnc1. The molecule has 1 atom stereocenters. The second kappa shape index (κ2) is 16.0. The number of likely N-dealkylation sites (N-methyl/N-ethyl adjacent to an activating group) is 2. The maximum absolute atomic E-state index is 14.3. The summed E-state index contributed by atoms with van der Waals surface area (Å²) < 4.78 is 28.6. The Hall–Kier alpha value is -4.48. The predicted molar refractivity (Wildman–Crippen MR) is 173 cm³/mol. The molecule has 0 radical (unpaired) electrons. The van der Waals surface area contributed by atoms with E-state index in [9.17, 15) is 23.3 Å². The van der Waals surface area contributed by atoms with Gasteiger partial charge in [0.15, 0.2) is 0 Å². The highest BCUT2D eigenvalue weighted by molar-refractivity contribution is 7.89. The molecule has 0 N–H and O–H groups in total. The largest absolute Gasteiger partial charge is 0.341 e. The van der Waals surface area contributed by atoms with Gasteiger partial charge in [-0.1, -0.05) is 42.5 Å². The topological polar surface area (TPSA) is 127 Å². The molecule has 0 unspecified atom stereocenters. The molecule has 0 spiro atoms. The van der Waals surface area contributed by atoms with E-state index in [4.69, 9.17) is 0 Å². The molecule has 2 aromatic carbocycles. The highest BCUT2D eigenvalue weighted by Gasteiger charge is 2.36. The first-order valence-electron chi connectivity index (χ1n) is 15.0. The first-order valence-corrected chi connectivity index (χ1v) is 16.4. The van der Waals surface area contributed by atoms with Gasteiger partial charge in [0, 0.05) is 57.1 Å². The molecule has 0 aliphatic rings. The third-order valence-electron chi connectivity index (χ3n) is 8.07. The quantitative estimate of drug-likeness (QED) is 0.119. The Labute approximate surface area is 265 Å². The van der Waals surface area contributed by atoms with Crippen LogP contribution in [-0.2, 0) is 34.1 Å². The Bertz CT molecular complexity index is 1580. The number of pyridine rings is 2. The molecule has 2 aromatic heterocycles. The molecule has 4 aromatic rings. The fourth-order valence-corrected chi connectivity index (χ4v) is 6.72. The summed E-state index contributed by atoms with van der Waals surface area (Å²) in [5.74, 6) is -0.306. The fraction of sp³-hybridized carbons (Fsp3) is 0.324. The van der Waals surface area contributed by atoms with Gasteiger partial charge >= 0.3 is 0 Å². The van der Waals surface area contributed by atoms with Gasteiger partial charge in [0.05, 0.1) is 9.82 Å². The van der Waals surface area contributed by atoms with Gasteiger partial charge in [-0.3, -0.25) is 24.9 Å². The predicted octanol–water partition coefficient (Wildman–Crippen LogP) is 5.49. The molecular weight excluding hydrogens is 590 g/mol. The lowest BCUT2D eigenvalue weighted by atomic mass is 9.97. The van der Waals surface area contributed by atoms with E-state index in [0.29, 0.717) is 0 Å². The number of hydrogen-bond acceptors (Lipinski definition) is 7. The number of carbonyl (C=O) groups excluding carboxylic acids is 1. The monoisotopic (exact) mass is 629 g/mol. The minimum Gasteiger partial charge on any atom is -0.341 e. The van der Waals surface area contributed by atoms with Crippen molar-refractivity contribution in [2.75, 3.05) is 14.1 Å². The molecule has 0 fully saturated rings. The van der Waals surface area contributed by atoms with E-state index < -0.39 is 21.0 Å². The number of carbonyl (C=O) groups is 1. The van der Waals surface area contributed by atoms with Crippen LogP contribution in [0.1, 0.15) is 42.4 Å². The number of benzene rings is 2. The summed E-state index contributed by atoms with van der Waals surface area (Å²) in [4.78, 5) is 34.9. The summed E-state index contributed by atoms with van der Waals surface area (Å²) in [6, 6.07) is 20.8. The van der Waals surface area contributed by atoms with Gasteiger partial charge in [-0.2, -0.15) is 4.31 Å². The van der Waals surface area contributed by atoms with Crippen molar-refractivity contribution in [3.8, 4) is 0 Å². The number of aromatic nitrogens is 2. The number of nitro benzene ring substituents is 1. The standard InChI is InChI=1S/C34H39N5O5S/c1-37(30(16-6-12-28-14-8-22-35-25-28)17-7-13-29-15-9-23-36-26-29)34(40)33(24-27-10-4-3-5-11-27)38(2)45(43,44)32-20-18-31(19-21-32)39(41)42/h3-5,8-11,14-15,18-23,25-26,30,33H,6-7,12-13,16-17,24H2,1-2H3/t33-/m0/s1. The van der Waals surface area contributed by atoms with Crippen LogP contribution in [0.4, 0.5) is 5.69 Å². The molecule has 1 amide bonds. The maximum atomic E-state index is 14.3. The highest BCUT2D eigenvalue weighted by atomic mass is 32.2. The summed E-state index contributed by atoms with van der Waals surface area (Å²) in [6.07, 6.45) is 12.1. The van der Waals surface area contributed by atoms with E-state index in [1.165, 1.54) is 19.2 Å². The van der Waals surface area contributed by atoms with Crippen molar-refractivity contribution in [2.45, 2.75) is 61.9 Å². The third kappa shape index (κ3) is 9.26. The van der Waals surface area contributed by atoms with Crippen molar-refractivity contribution < 1.29 is 18.1 Å². The van der Waals surface area contributed by atoms with Crippen molar-refractivity contribution in [3.05, 3.63) is 130 Å². The molecule has 0 aliphatic carbocycles. The van der Waals surface area contributed by atoms with Crippen LogP contribution in [0.3, 0.4) is 0 Å². The van der Waals surface area contributed by atoms with Gasteiger partial charge in [-0.25, -0.2) is 8.42 Å². The molecule has 0 bridgehead atoms. The van der Waals surface area contributed by atoms with Crippen molar-refractivity contribution >= 4 is 21.6 Å². The van der Waals surface area contributed by atoms with Gasteiger partial charge < -0.3 is 4.90 Å². The second-order valence-corrected chi connectivity index (χ2v) is 13.1. The average Bonchev–Trinajstić information content (AvgIpc) is 3.07. The van der Waals surface area contributed by atoms with E-state index in [-0.39, 0.29) is 29.0 Å². The summed E-state index contributed by atoms with van der Waals surface area (Å²) in [5.41, 5.74) is 2.85. The Morgan fingerprint density at radius 3 is 1.82 bits per heavy atom. The van der Waals surface area contributed by atoms with Crippen LogP contribution in [-0.4, -0.2) is 64.6 Å². The molecule has 0 saturated carbocycles. The Balaban J connectivity index is 1.58. The van der Waals surface area contributed by atoms with E-state index >= 15 is 0 Å². The number of non-ortho nitro benzene ring substituents is 1. The molecule has 10 nitrogen and oxygen atoms in total. The van der Waals surface area contributed by atoms with Crippen molar-refractivity contribution in [1.29, 1.82) is 0 Å². The van der Waals surface area contributed by atoms with Gasteiger partial charge in [0.1, 0.15) is 6.04 Å². The lowest BCUT2D eigenvalue weighted by Gasteiger charge is -2.35. The molecule has 0 saturated heterocycles. The van der Waals surface area contributed by atoms with Gasteiger partial charge in [0.25, 0.3) is 5.69 Å². The van der Waals surface area contributed by atoms with Crippen molar-refractivity contribution in [1.82, 2.24) is 19.2 Å². The zero-order valence-electron chi connectivity index (χ0n) is 25.6. The normalized spacial score (nSPS) is 12.3. The Morgan fingerprint density at radius 2 is 1.33 bits per heavy atom. The maximum Gasteiger partial charge on any atom is 0.269 e. The number of amides is 1. The minimum absolute atomic E-state index is 0.117. The lowest BCUT2D eigenvalue weighted by molar-refractivity contribution is -0.384. The first-order chi connectivity index (χ1) is 21.7. The molecule has 45 heavy (non-hydrogen) atoms. The van der Waals surface area contributed by atoms with Crippen LogP contribution in [0.15, 0.2) is 109 Å². The van der Waals surface area contributed by atoms with Crippen LogP contribution in [0, 0.1) is 10.1 Å². The molecular formula is C34H39N5O5S. The zero-order chi connectivity index (χ0) is 32.2. The van der Waals surface area contributed by atoms with Crippen LogP contribution in [0.25, 0.3) is 0 Å². The number of hydrogen-bond donors (Lipinski definition) is 0. The molecule has 4 rings (SSSR count). The van der Waals surface area contributed by atoms with Gasteiger partial charge in [-0.05, 0) is 85.9 Å². The van der Waals surface area contributed by atoms with E-state index in [0.717, 1.165) is 71.7 Å². The number of nitro groups is 1. The first kappa shape index (κ1) is 33.4. The van der Waals surface area contributed by atoms with Gasteiger partial charge in [-0.15, -0.1) is 0 Å². The van der Waals surface area contributed by atoms with Crippen LogP contribution in [0.2, 0.25) is 0 Å². The molecule has 2 heterocycles. The molecule has 11 heteroatoms. The third-order valence-corrected chi connectivity index (χ3v) is 9.95. The van der Waals surface area contributed by atoms with E-state index in [2.05, 4.69) is 9.97 Å². The van der Waals surface area contributed by atoms with Crippen LogP contribution < -0.4 is 0 Å². The van der Waals surface area contributed by atoms with Crippen molar-refractivity contribution in [3.63, 3.8) is 0 Å². The molecule has 0 aliphatic heterocycles. The average molecular weight is 630 g/mol. The summed E-state index contributed by atoms with van der Waals surface area (Å²) in [7, 11) is -1.01. The smallest absolute Gasteiger partial charge is 0.269 e. The Morgan fingerprint density at radius 1 is 0.800 bits per heavy atom. The van der Waals surface area contributed by atoms with Crippen molar-refractivity contribution in [2.24, 2.45) is 0 Å².